The number of aromatic nitrogens is 4. The summed E-state index contributed by atoms with van der Waals surface area (Å²) in [4.78, 5) is 20.9. The van der Waals surface area contributed by atoms with Crippen molar-refractivity contribution in [2.45, 2.75) is 24.2 Å². The van der Waals surface area contributed by atoms with Gasteiger partial charge in [0.15, 0.2) is 0 Å². The Balaban J connectivity index is 1.85. The molecule has 6 heteroatoms. The van der Waals surface area contributed by atoms with E-state index in [9.17, 15) is 4.79 Å². The fourth-order valence-corrected chi connectivity index (χ4v) is 3.42. The van der Waals surface area contributed by atoms with E-state index in [0.717, 1.165) is 22.9 Å². The Morgan fingerprint density at radius 2 is 2.27 bits per heavy atom. The number of fused-ring (bicyclic) bond motifs is 1. The molecule has 1 amide bonds. The van der Waals surface area contributed by atoms with Gasteiger partial charge in [0.1, 0.15) is 0 Å². The SMILES string of the molecule is NC(=O)C1(c2cc3cn[nH]c3cn2)CCC1c1cccnc1. The highest BCUT2D eigenvalue weighted by atomic mass is 16.1. The normalized spacial score (nSPS) is 24.1. The largest absolute Gasteiger partial charge is 0.369 e. The Kier molecular flexibility index (Phi) is 2.72. The van der Waals surface area contributed by atoms with Crippen molar-refractivity contribution >= 4 is 16.8 Å². The molecule has 0 saturated heterocycles. The maximum absolute atomic E-state index is 12.3. The molecule has 6 nitrogen and oxygen atoms in total. The fourth-order valence-electron chi connectivity index (χ4n) is 3.42. The lowest BCUT2D eigenvalue weighted by Gasteiger charge is -2.46. The van der Waals surface area contributed by atoms with Crippen LogP contribution < -0.4 is 5.73 Å². The van der Waals surface area contributed by atoms with Gasteiger partial charge in [-0.3, -0.25) is 19.9 Å². The van der Waals surface area contributed by atoms with Crippen LogP contribution in [0, 0.1) is 0 Å². The number of rotatable bonds is 3. The van der Waals surface area contributed by atoms with Gasteiger partial charge in [-0.1, -0.05) is 6.07 Å². The molecular weight excluding hydrogens is 278 g/mol. The molecule has 2 unspecified atom stereocenters. The number of nitrogens with zero attached hydrogens (tertiary/aromatic N) is 3. The Morgan fingerprint density at radius 1 is 1.36 bits per heavy atom. The molecule has 1 aliphatic rings. The number of hydrogen-bond donors (Lipinski definition) is 2. The maximum atomic E-state index is 12.3. The average molecular weight is 293 g/mol. The predicted molar refractivity (Wildman–Crippen MR) is 81.0 cm³/mol. The highest BCUT2D eigenvalue weighted by molar-refractivity contribution is 5.90. The summed E-state index contributed by atoms with van der Waals surface area (Å²) in [6, 6.07) is 5.78. The summed E-state index contributed by atoms with van der Waals surface area (Å²) in [5.41, 5.74) is 7.63. The number of carbonyl (C=O) groups excluding carboxylic acids is 1. The van der Waals surface area contributed by atoms with Crippen LogP contribution in [0.2, 0.25) is 0 Å². The van der Waals surface area contributed by atoms with E-state index in [-0.39, 0.29) is 11.8 Å². The first-order valence-corrected chi connectivity index (χ1v) is 7.21. The standard InChI is InChI=1S/C16H15N5O/c17-15(22)16(4-3-12(16)10-2-1-5-18-7-10)14-6-11-8-20-21-13(11)9-19-14/h1-2,5-9,12H,3-4H2,(H2,17,22)(H,20,21). The van der Waals surface area contributed by atoms with Crippen molar-refractivity contribution in [1.29, 1.82) is 0 Å². The molecule has 0 aliphatic heterocycles. The molecule has 0 spiro atoms. The van der Waals surface area contributed by atoms with Crippen molar-refractivity contribution in [3.63, 3.8) is 0 Å². The molecule has 2 atom stereocenters. The number of hydrogen-bond acceptors (Lipinski definition) is 4. The highest BCUT2D eigenvalue weighted by Gasteiger charge is 2.54. The first-order valence-electron chi connectivity index (χ1n) is 7.21. The topological polar surface area (TPSA) is 97.6 Å². The second-order valence-electron chi connectivity index (χ2n) is 5.74. The molecule has 3 heterocycles. The molecule has 1 aliphatic carbocycles. The van der Waals surface area contributed by atoms with Gasteiger partial charge in [0, 0.05) is 23.7 Å². The van der Waals surface area contributed by atoms with Crippen molar-refractivity contribution < 1.29 is 4.79 Å². The van der Waals surface area contributed by atoms with E-state index in [4.69, 9.17) is 5.73 Å². The first-order chi connectivity index (χ1) is 10.7. The van der Waals surface area contributed by atoms with Crippen LogP contribution in [0.4, 0.5) is 0 Å². The third kappa shape index (κ3) is 1.67. The summed E-state index contributed by atoms with van der Waals surface area (Å²) < 4.78 is 0. The van der Waals surface area contributed by atoms with Crippen LogP contribution in [0.1, 0.15) is 30.0 Å². The number of amides is 1. The first kappa shape index (κ1) is 12.9. The van der Waals surface area contributed by atoms with E-state index < -0.39 is 5.41 Å². The molecule has 4 rings (SSSR count). The molecule has 110 valence electrons. The molecule has 3 N–H and O–H groups in total. The number of pyridine rings is 2. The van der Waals surface area contributed by atoms with Crippen LogP contribution in [0.25, 0.3) is 10.9 Å². The Bertz CT molecular complexity index is 844. The monoisotopic (exact) mass is 293 g/mol. The number of primary amides is 1. The van der Waals surface area contributed by atoms with Gasteiger partial charge in [-0.05, 0) is 30.5 Å². The van der Waals surface area contributed by atoms with Gasteiger partial charge >= 0.3 is 0 Å². The van der Waals surface area contributed by atoms with E-state index >= 15 is 0 Å². The molecule has 0 bridgehead atoms. The van der Waals surface area contributed by atoms with E-state index in [2.05, 4.69) is 20.2 Å². The summed E-state index contributed by atoms with van der Waals surface area (Å²) in [7, 11) is 0. The number of nitrogens with one attached hydrogen (secondary N) is 1. The lowest BCUT2D eigenvalue weighted by Crippen LogP contribution is -2.53. The van der Waals surface area contributed by atoms with Gasteiger partial charge in [0.25, 0.3) is 0 Å². The molecular formula is C16H15N5O. The van der Waals surface area contributed by atoms with E-state index in [0.29, 0.717) is 12.1 Å². The third-order valence-corrected chi connectivity index (χ3v) is 4.73. The minimum Gasteiger partial charge on any atom is -0.369 e. The second kappa shape index (κ2) is 4.62. The molecule has 22 heavy (non-hydrogen) atoms. The number of nitrogens with two attached hydrogens (primary N) is 1. The Morgan fingerprint density at radius 3 is 2.95 bits per heavy atom. The molecule has 3 aromatic rings. The fraction of sp³-hybridized carbons (Fsp3) is 0.250. The Hall–Kier alpha value is -2.76. The smallest absolute Gasteiger partial charge is 0.230 e. The zero-order valence-corrected chi connectivity index (χ0v) is 11.9. The van der Waals surface area contributed by atoms with Crippen LogP contribution >= 0.6 is 0 Å². The molecule has 1 saturated carbocycles. The number of aromatic amines is 1. The average Bonchev–Trinajstić information content (AvgIpc) is 2.95. The van der Waals surface area contributed by atoms with Crippen molar-refractivity contribution in [3.8, 4) is 0 Å². The van der Waals surface area contributed by atoms with Gasteiger partial charge in [-0.15, -0.1) is 0 Å². The van der Waals surface area contributed by atoms with E-state index in [1.165, 1.54) is 0 Å². The summed E-state index contributed by atoms with van der Waals surface area (Å²) in [6.07, 6.45) is 8.58. The van der Waals surface area contributed by atoms with Crippen LogP contribution in [0.5, 0.6) is 0 Å². The van der Waals surface area contributed by atoms with Crippen molar-refractivity contribution in [2.75, 3.05) is 0 Å². The van der Waals surface area contributed by atoms with Gasteiger partial charge in [-0.2, -0.15) is 5.10 Å². The van der Waals surface area contributed by atoms with E-state index in [1.807, 2.05) is 18.2 Å². The summed E-state index contributed by atoms with van der Waals surface area (Å²) >= 11 is 0. The van der Waals surface area contributed by atoms with Gasteiger partial charge in [-0.25, -0.2) is 0 Å². The maximum Gasteiger partial charge on any atom is 0.230 e. The van der Waals surface area contributed by atoms with Gasteiger partial charge < -0.3 is 5.73 Å². The predicted octanol–water partition coefficient (Wildman–Crippen LogP) is 1.65. The molecule has 1 fully saturated rings. The van der Waals surface area contributed by atoms with Crippen LogP contribution in [-0.4, -0.2) is 26.1 Å². The number of carbonyl (C=O) groups is 1. The summed E-state index contributed by atoms with van der Waals surface area (Å²) in [5.74, 6) is -0.307. The second-order valence-corrected chi connectivity index (χ2v) is 5.74. The highest BCUT2D eigenvalue weighted by Crippen LogP contribution is 2.53. The van der Waals surface area contributed by atoms with Gasteiger partial charge in [0.2, 0.25) is 5.91 Å². The van der Waals surface area contributed by atoms with E-state index in [1.54, 1.807) is 24.8 Å². The van der Waals surface area contributed by atoms with Gasteiger partial charge in [0.05, 0.1) is 29.0 Å². The lowest BCUT2D eigenvalue weighted by molar-refractivity contribution is -0.128. The Labute approximate surface area is 126 Å². The number of H-pyrrole nitrogens is 1. The quantitative estimate of drug-likeness (QED) is 0.767. The van der Waals surface area contributed by atoms with Crippen LogP contribution in [0.15, 0.2) is 43.0 Å². The minimum absolute atomic E-state index is 0.0237. The lowest BCUT2D eigenvalue weighted by atomic mass is 9.55. The third-order valence-electron chi connectivity index (χ3n) is 4.73. The zero-order valence-electron chi connectivity index (χ0n) is 11.9. The summed E-state index contributed by atoms with van der Waals surface area (Å²) in [6.45, 7) is 0. The van der Waals surface area contributed by atoms with Crippen LogP contribution in [0.3, 0.4) is 0 Å². The van der Waals surface area contributed by atoms with Crippen molar-refractivity contribution in [2.24, 2.45) is 5.73 Å². The molecule has 3 aromatic heterocycles. The van der Waals surface area contributed by atoms with Crippen LogP contribution in [-0.2, 0) is 10.2 Å². The molecule has 0 radical (unpaired) electrons. The van der Waals surface area contributed by atoms with Crippen molar-refractivity contribution in [3.05, 3.63) is 54.2 Å². The zero-order chi connectivity index (χ0) is 15.2. The minimum atomic E-state index is -0.755. The molecule has 0 aromatic carbocycles. The summed E-state index contributed by atoms with van der Waals surface area (Å²) in [5, 5.41) is 7.80. The van der Waals surface area contributed by atoms with Crippen molar-refractivity contribution in [1.82, 2.24) is 20.2 Å².